The van der Waals surface area contributed by atoms with Gasteiger partial charge in [-0.1, -0.05) is 17.3 Å². The van der Waals surface area contributed by atoms with Crippen LogP contribution in [0.1, 0.15) is 22.7 Å². The monoisotopic (exact) mass is 353 g/mol. The molecule has 1 fully saturated rings. The van der Waals surface area contributed by atoms with Crippen LogP contribution in [-0.4, -0.2) is 35.8 Å². The number of carbonyl (C=O) groups excluding carboxylic acids is 1. The van der Waals surface area contributed by atoms with Crippen molar-refractivity contribution in [3.8, 4) is 5.75 Å². The molecule has 1 saturated heterocycles. The number of amides is 1. The number of pyridine rings is 1. The van der Waals surface area contributed by atoms with Crippen LogP contribution in [0.25, 0.3) is 10.8 Å². The second-order valence-corrected chi connectivity index (χ2v) is 6.26. The summed E-state index contributed by atoms with van der Waals surface area (Å²) >= 11 is 0. The molecule has 26 heavy (non-hydrogen) atoms. The van der Waals surface area contributed by atoms with E-state index in [1.165, 1.54) is 0 Å². The van der Waals surface area contributed by atoms with Crippen molar-refractivity contribution in [3.63, 3.8) is 0 Å². The average molecular weight is 353 g/mol. The lowest BCUT2D eigenvalue weighted by molar-refractivity contribution is 0.0935. The maximum atomic E-state index is 12.1. The molecule has 3 aromatic rings. The average Bonchev–Trinajstić information content (AvgIpc) is 3.36. The standard InChI is InChI=1S/C19H19N3O4/c23-19(21-9-13-5-7-24-11-13)17-8-15(26-22-17)12-25-18-3-1-2-14-10-20-6-4-16(14)18/h1-4,6,8,10,13H,5,7,9,11-12H2,(H,21,23)/t13-/m0/s1. The minimum Gasteiger partial charge on any atom is -0.485 e. The first-order valence-electron chi connectivity index (χ1n) is 8.56. The number of aromatic nitrogens is 2. The van der Waals surface area contributed by atoms with Crippen molar-refractivity contribution in [2.45, 2.75) is 13.0 Å². The summed E-state index contributed by atoms with van der Waals surface area (Å²) in [5, 5.41) is 8.66. The highest BCUT2D eigenvalue weighted by atomic mass is 16.5. The summed E-state index contributed by atoms with van der Waals surface area (Å²) < 4.78 is 16.3. The Morgan fingerprint density at radius 2 is 2.31 bits per heavy atom. The van der Waals surface area contributed by atoms with Crippen LogP contribution in [0.5, 0.6) is 5.75 Å². The molecule has 0 bridgehead atoms. The van der Waals surface area contributed by atoms with Crippen LogP contribution in [0.3, 0.4) is 0 Å². The van der Waals surface area contributed by atoms with Crippen molar-refractivity contribution < 1.29 is 18.8 Å². The Labute approximate surface area is 150 Å². The first kappa shape index (κ1) is 16.5. The molecule has 0 spiro atoms. The molecular weight excluding hydrogens is 334 g/mol. The number of fused-ring (bicyclic) bond motifs is 1. The highest BCUT2D eigenvalue weighted by Crippen LogP contribution is 2.25. The predicted molar refractivity (Wildman–Crippen MR) is 93.8 cm³/mol. The third-order valence-corrected chi connectivity index (χ3v) is 4.38. The van der Waals surface area contributed by atoms with Gasteiger partial charge in [-0.15, -0.1) is 0 Å². The number of hydrogen-bond acceptors (Lipinski definition) is 6. The van der Waals surface area contributed by atoms with Gasteiger partial charge in [0.05, 0.1) is 6.61 Å². The van der Waals surface area contributed by atoms with E-state index in [2.05, 4.69) is 15.5 Å². The number of nitrogens with zero attached hydrogens (tertiary/aromatic N) is 2. The highest BCUT2D eigenvalue weighted by molar-refractivity contribution is 5.92. The van der Waals surface area contributed by atoms with Gasteiger partial charge in [-0.3, -0.25) is 9.78 Å². The summed E-state index contributed by atoms with van der Waals surface area (Å²) in [4.78, 5) is 16.2. The van der Waals surface area contributed by atoms with Crippen LogP contribution in [0.15, 0.2) is 47.2 Å². The molecule has 0 saturated carbocycles. The fraction of sp³-hybridized carbons (Fsp3) is 0.316. The molecule has 134 valence electrons. The number of ether oxygens (including phenoxy) is 2. The molecule has 1 aliphatic heterocycles. The summed E-state index contributed by atoms with van der Waals surface area (Å²) in [7, 11) is 0. The summed E-state index contributed by atoms with van der Waals surface area (Å²) in [6, 6.07) is 9.27. The van der Waals surface area contributed by atoms with Gasteiger partial charge in [0, 0.05) is 48.3 Å². The number of carbonyl (C=O) groups is 1. The Morgan fingerprint density at radius 3 is 3.19 bits per heavy atom. The van der Waals surface area contributed by atoms with Crippen LogP contribution in [-0.2, 0) is 11.3 Å². The van der Waals surface area contributed by atoms with Crippen molar-refractivity contribution in [1.29, 1.82) is 0 Å². The fourth-order valence-electron chi connectivity index (χ4n) is 2.93. The van der Waals surface area contributed by atoms with Crippen LogP contribution < -0.4 is 10.1 Å². The lowest BCUT2D eigenvalue weighted by atomic mass is 10.1. The molecule has 2 aromatic heterocycles. The third-order valence-electron chi connectivity index (χ3n) is 4.38. The highest BCUT2D eigenvalue weighted by Gasteiger charge is 2.18. The van der Waals surface area contributed by atoms with E-state index in [0.29, 0.717) is 24.8 Å². The van der Waals surface area contributed by atoms with Crippen molar-refractivity contribution in [3.05, 3.63) is 54.2 Å². The molecule has 0 aliphatic carbocycles. The minimum absolute atomic E-state index is 0.193. The summed E-state index contributed by atoms with van der Waals surface area (Å²) in [5.41, 5.74) is 0.254. The maximum Gasteiger partial charge on any atom is 0.273 e. The third kappa shape index (κ3) is 3.67. The number of nitrogens with one attached hydrogen (secondary N) is 1. The summed E-state index contributed by atoms with van der Waals surface area (Å²) in [5.74, 6) is 1.34. The molecule has 3 heterocycles. The molecular formula is C19H19N3O4. The van der Waals surface area contributed by atoms with Gasteiger partial charge >= 0.3 is 0 Å². The molecule has 1 aromatic carbocycles. The molecule has 4 rings (SSSR count). The summed E-state index contributed by atoms with van der Waals surface area (Å²) in [6.45, 7) is 2.23. The largest absolute Gasteiger partial charge is 0.485 e. The van der Waals surface area contributed by atoms with Gasteiger partial charge in [0.2, 0.25) is 0 Å². The van der Waals surface area contributed by atoms with Gasteiger partial charge < -0.3 is 19.3 Å². The molecule has 0 unspecified atom stereocenters. The van der Waals surface area contributed by atoms with Crippen molar-refractivity contribution in [1.82, 2.24) is 15.5 Å². The molecule has 7 heteroatoms. The fourth-order valence-corrected chi connectivity index (χ4v) is 2.93. The molecule has 1 aliphatic rings. The van der Waals surface area contributed by atoms with Crippen LogP contribution in [0.2, 0.25) is 0 Å². The molecule has 0 radical (unpaired) electrons. The van der Waals surface area contributed by atoms with E-state index in [4.69, 9.17) is 14.0 Å². The first-order valence-corrected chi connectivity index (χ1v) is 8.56. The Balaban J connectivity index is 1.36. The Morgan fingerprint density at radius 1 is 1.35 bits per heavy atom. The quantitative estimate of drug-likeness (QED) is 0.733. The zero-order chi connectivity index (χ0) is 17.8. The Bertz CT molecular complexity index is 897. The minimum atomic E-state index is -0.247. The smallest absolute Gasteiger partial charge is 0.273 e. The van der Waals surface area contributed by atoms with E-state index in [1.807, 2.05) is 24.3 Å². The maximum absolute atomic E-state index is 12.1. The predicted octanol–water partition coefficient (Wildman–Crippen LogP) is 2.57. The molecule has 1 N–H and O–H groups in total. The van der Waals surface area contributed by atoms with E-state index in [1.54, 1.807) is 18.5 Å². The van der Waals surface area contributed by atoms with E-state index in [-0.39, 0.29) is 18.2 Å². The van der Waals surface area contributed by atoms with Crippen LogP contribution >= 0.6 is 0 Å². The van der Waals surface area contributed by atoms with E-state index in [0.717, 1.165) is 29.5 Å². The van der Waals surface area contributed by atoms with Gasteiger partial charge in [-0.05, 0) is 18.6 Å². The van der Waals surface area contributed by atoms with E-state index < -0.39 is 0 Å². The second kappa shape index (κ2) is 7.53. The Kier molecular flexibility index (Phi) is 4.79. The van der Waals surface area contributed by atoms with Gasteiger partial charge in [-0.2, -0.15) is 0 Å². The zero-order valence-corrected chi connectivity index (χ0v) is 14.2. The van der Waals surface area contributed by atoms with Gasteiger partial charge in [0.25, 0.3) is 5.91 Å². The number of rotatable bonds is 6. The molecule has 1 atom stereocenters. The van der Waals surface area contributed by atoms with Crippen molar-refractivity contribution in [2.75, 3.05) is 19.8 Å². The van der Waals surface area contributed by atoms with Gasteiger partial charge in [0.1, 0.15) is 12.4 Å². The van der Waals surface area contributed by atoms with Crippen molar-refractivity contribution >= 4 is 16.7 Å². The topological polar surface area (TPSA) is 86.5 Å². The molecule has 7 nitrogen and oxygen atoms in total. The first-order chi connectivity index (χ1) is 12.8. The van der Waals surface area contributed by atoms with E-state index >= 15 is 0 Å². The number of hydrogen-bond donors (Lipinski definition) is 1. The normalized spacial score (nSPS) is 16.7. The lowest BCUT2D eigenvalue weighted by Gasteiger charge is -2.07. The van der Waals surface area contributed by atoms with E-state index in [9.17, 15) is 4.79 Å². The van der Waals surface area contributed by atoms with Crippen LogP contribution in [0, 0.1) is 5.92 Å². The van der Waals surface area contributed by atoms with Crippen LogP contribution in [0.4, 0.5) is 0 Å². The molecule has 1 amide bonds. The number of benzene rings is 1. The Hall–Kier alpha value is -2.93. The zero-order valence-electron chi connectivity index (χ0n) is 14.2. The lowest BCUT2D eigenvalue weighted by Crippen LogP contribution is -2.29. The van der Waals surface area contributed by atoms with Gasteiger partial charge in [-0.25, -0.2) is 0 Å². The SMILES string of the molecule is O=C(NC[C@@H]1CCOC1)c1cc(COc2cccc3cnccc23)on1. The summed E-state index contributed by atoms with van der Waals surface area (Å²) in [6.07, 6.45) is 4.48. The second-order valence-electron chi connectivity index (χ2n) is 6.26. The van der Waals surface area contributed by atoms with Gasteiger partial charge in [0.15, 0.2) is 11.5 Å². The van der Waals surface area contributed by atoms with Crippen molar-refractivity contribution in [2.24, 2.45) is 5.92 Å².